The molecule has 3 aromatic rings. The molecule has 13 nitrogen and oxygen atoms in total. The number of H-pyrrole nitrogens is 1. The van der Waals surface area contributed by atoms with Gasteiger partial charge in [0.25, 0.3) is 0 Å². The lowest BCUT2D eigenvalue weighted by Gasteiger charge is -2.22. The number of rotatable bonds is 14. The number of benzene rings is 2. The Bertz CT molecular complexity index is 1370. The Morgan fingerprint density at radius 2 is 1.57 bits per heavy atom. The third-order valence-corrected chi connectivity index (χ3v) is 6.17. The number of phenols is 1. The van der Waals surface area contributed by atoms with Crippen LogP contribution in [0.2, 0.25) is 0 Å². The van der Waals surface area contributed by atoms with Gasteiger partial charge in [-0.3, -0.25) is 19.2 Å². The van der Waals surface area contributed by atoms with Gasteiger partial charge in [0.05, 0.1) is 12.6 Å². The van der Waals surface area contributed by atoms with Crippen LogP contribution < -0.4 is 21.7 Å². The minimum atomic E-state index is -1.31. The van der Waals surface area contributed by atoms with Crippen molar-refractivity contribution in [1.82, 2.24) is 20.9 Å². The van der Waals surface area contributed by atoms with Crippen LogP contribution in [-0.4, -0.2) is 74.6 Å². The number of amides is 3. The van der Waals surface area contributed by atoms with Crippen molar-refractivity contribution in [2.75, 3.05) is 6.54 Å². The van der Waals surface area contributed by atoms with Gasteiger partial charge in [-0.05, 0) is 35.7 Å². The van der Waals surface area contributed by atoms with E-state index in [-0.39, 0.29) is 31.4 Å². The summed E-state index contributed by atoms with van der Waals surface area (Å²) >= 11 is 0. The number of nitrogens with two attached hydrogens (primary N) is 1. The predicted octanol–water partition coefficient (Wildman–Crippen LogP) is 0.0212. The number of hydrogen-bond donors (Lipinski definition) is 8. The Morgan fingerprint density at radius 3 is 2.25 bits per heavy atom. The number of carbonyl (C=O) groups excluding carboxylic acids is 3. The van der Waals surface area contributed by atoms with Gasteiger partial charge in [-0.15, -0.1) is 0 Å². The van der Waals surface area contributed by atoms with Gasteiger partial charge in [0.2, 0.25) is 17.7 Å². The summed E-state index contributed by atoms with van der Waals surface area (Å²) in [5.41, 5.74) is 7.71. The Hall–Kier alpha value is -4.91. The molecule has 0 saturated heterocycles. The Kier molecular flexibility index (Phi) is 10.2. The summed E-state index contributed by atoms with van der Waals surface area (Å²) in [5, 5.41) is 36.2. The standard InChI is InChI=1S/C27H31N5O8/c28-19(9-10-24(35)36)25(37)30-14-23(34)31-21(11-15-5-7-17(33)8-6-15)26(38)32-22(27(39)40)12-16-13-29-20-4-2-1-3-18(16)20/h1-8,13,19,21-22,29,33H,9-12,14,28H2,(H,30,37)(H,31,34)(H,32,38)(H,35,36)(H,39,40). The maximum atomic E-state index is 13.2. The molecule has 0 aliphatic carbocycles. The first-order valence-electron chi connectivity index (χ1n) is 12.4. The minimum Gasteiger partial charge on any atom is -0.508 e. The van der Waals surface area contributed by atoms with Crippen LogP contribution in [0.1, 0.15) is 24.0 Å². The molecule has 0 radical (unpaired) electrons. The molecule has 0 aliphatic heterocycles. The highest BCUT2D eigenvalue weighted by atomic mass is 16.4. The maximum Gasteiger partial charge on any atom is 0.326 e. The van der Waals surface area contributed by atoms with E-state index in [4.69, 9.17) is 10.8 Å². The number of para-hydroxylation sites is 1. The zero-order chi connectivity index (χ0) is 29.2. The van der Waals surface area contributed by atoms with Crippen molar-refractivity contribution < 1.29 is 39.3 Å². The number of carboxylic acid groups (broad SMARTS) is 2. The van der Waals surface area contributed by atoms with Gasteiger partial charge >= 0.3 is 11.9 Å². The smallest absolute Gasteiger partial charge is 0.326 e. The largest absolute Gasteiger partial charge is 0.508 e. The second-order valence-corrected chi connectivity index (χ2v) is 9.21. The van der Waals surface area contributed by atoms with E-state index in [1.54, 1.807) is 18.3 Å². The quantitative estimate of drug-likeness (QED) is 0.134. The number of aromatic hydroxyl groups is 1. The van der Waals surface area contributed by atoms with E-state index >= 15 is 0 Å². The van der Waals surface area contributed by atoms with Gasteiger partial charge in [-0.1, -0.05) is 30.3 Å². The number of phenolic OH excluding ortho intramolecular Hbond substituents is 1. The summed E-state index contributed by atoms with van der Waals surface area (Å²) in [6.45, 7) is -0.545. The average Bonchev–Trinajstić information content (AvgIpc) is 3.33. The SMILES string of the molecule is NC(CCC(=O)O)C(=O)NCC(=O)NC(Cc1ccc(O)cc1)C(=O)NC(Cc1c[nH]c2ccccc12)C(=O)O. The molecule has 3 atom stereocenters. The van der Waals surface area contributed by atoms with Crippen LogP contribution in [0.5, 0.6) is 5.75 Å². The number of aromatic amines is 1. The van der Waals surface area contributed by atoms with Crippen LogP contribution in [0.4, 0.5) is 0 Å². The lowest BCUT2D eigenvalue weighted by molar-refractivity contribution is -0.142. The van der Waals surface area contributed by atoms with Crippen LogP contribution in [0.15, 0.2) is 54.7 Å². The highest BCUT2D eigenvalue weighted by Crippen LogP contribution is 2.19. The minimum absolute atomic E-state index is 0.000376. The van der Waals surface area contributed by atoms with E-state index in [0.29, 0.717) is 11.1 Å². The monoisotopic (exact) mass is 553 g/mol. The first kappa shape index (κ1) is 29.6. The molecule has 3 amide bonds. The third-order valence-electron chi connectivity index (χ3n) is 6.17. The molecule has 1 aromatic heterocycles. The van der Waals surface area contributed by atoms with Crippen LogP contribution in [-0.2, 0) is 36.8 Å². The van der Waals surface area contributed by atoms with Crippen molar-refractivity contribution in [3.8, 4) is 5.75 Å². The molecule has 1 heterocycles. The van der Waals surface area contributed by atoms with Gasteiger partial charge < -0.3 is 42.0 Å². The van der Waals surface area contributed by atoms with Gasteiger partial charge in [-0.2, -0.15) is 0 Å². The van der Waals surface area contributed by atoms with Crippen LogP contribution in [0.3, 0.4) is 0 Å². The molecule has 2 aromatic carbocycles. The van der Waals surface area contributed by atoms with Crippen molar-refractivity contribution in [3.63, 3.8) is 0 Å². The highest BCUT2D eigenvalue weighted by Gasteiger charge is 2.28. The van der Waals surface area contributed by atoms with E-state index in [1.165, 1.54) is 12.1 Å². The number of carboxylic acids is 2. The lowest BCUT2D eigenvalue weighted by atomic mass is 10.0. The molecule has 0 saturated carbocycles. The summed E-state index contributed by atoms with van der Waals surface area (Å²) in [5.74, 6) is -4.63. The maximum absolute atomic E-state index is 13.2. The molecule has 9 N–H and O–H groups in total. The third kappa shape index (κ3) is 8.56. The lowest BCUT2D eigenvalue weighted by Crippen LogP contribution is -2.54. The second kappa shape index (κ2) is 13.8. The van der Waals surface area contributed by atoms with Gasteiger partial charge in [-0.25, -0.2) is 4.79 Å². The molecular formula is C27H31N5O8. The number of hydrogen-bond acceptors (Lipinski definition) is 7. The topological polar surface area (TPSA) is 224 Å². The van der Waals surface area contributed by atoms with Gasteiger partial charge in [0.15, 0.2) is 0 Å². The normalized spacial score (nSPS) is 13.1. The molecule has 0 spiro atoms. The van der Waals surface area contributed by atoms with Crippen molar-refractivity contribution in [1.29, 1.82) is 0 Å². The fourth-order valence-electron chi connectivity index (χ4n) is 4.02. The van der Waals surface area contributed by atoms with E-state index in [1.807, 2.05) is 24.3 Å². The summed E-state index contributed by atoms with van der Waals surface area (Å²) in [7, 11) is 0. The van der Waals surface area contributed by atoms with E-state index in [0.717, 1.165) is 10.9 Å². The number of aliphatic carboxylic acids is 2. The van der Waals surface area contributed by atoms with Gasteiger partial charge in [0, 0.05) is 36.4 Å². The summed E-state index contributed by atoms with van der Waals surface area (Å²) < 4.78 is 0. The second-order valence-electron chi connectivity index (χ2n) is 9.21. The molecule has 13 heteroatoms. The first-order valence-corrected chi connectivity index (χ1v) is 12.4. The summed E-state index contributed by atoms with van der Waals surface area (Å²) in [6.07, 6.45) is 1.17. The van der Waals surface area contributed by atoms with Crippen molar-refractivity contribution in [3.05, 3.63) is 65.9 Å². The van der Waals surface area contributed by atoms with Crippen molar-refractivity contribution in [2.24, 2.45) is 5.73 Å². The molecule has 0 aliphatic rings. The Labute approximate surface area is 228 Å². The van der Waals surface area contributed by atoms with Crippen LogP contribution in [0, 0.1) is 0 Å². The predicted molar refractivity (Wildman–Crippen MR) is 143 cm³/mol. The molecule has 3 unspecified atom stereocenters. The van der Waals surface area contributed by atoms with Crippen LogP contribution in [0.25, 0.3) is 10.9 Å². The fourth-order valence-corrected chi connectivity index (χ4v) is 4.02. The number of carbonyl (C=O) groups is 5. The first-order chi connectivity index (χ1) is 19.0. The Morgan fingerprint density at radius 1 is 0.875 bits per heavy atom. The molecule has 3 rings (SSSR count). The number of fused-ring (bicyclic) bond motifs is 1. The zero-order valence-corrected chi connectivity index (χ0v) is 21.4. The molecule has 212 valence electrons. The van der Waals surface area contributed by atoms with E-state index in [2.05, 4.69) is 20.9 Å². The van der Waals surface area contributed by atoms with E-state index < -0.39 is 54.3 Å². The molecular weight excluding hydrogens is 522 g/mol. The Balaban J connectivity index is 1.69. The summed E-state index contributed by atoms with van der Waals surface area (Å²) in [4.78, 5) is 63.7. The van der Waals surface area contributed by atoms with Crippen LogP contribution >= 0.6 is 0 Å². The highest BCUT2D eigenvalue weighted by molar-refractivity contribution is 5.93. The molecule has 0 bridgehead atoms. The fraction of sp³-hybridized carbons (Fsp3) is 0.296. The zero-order valence-electron chi connectivity index (χ0n) is 21.4. The molecule has 40 heavy (non-hydrogen) atoms. The average molecular weight is 554 g/mol. The van der Waals surface area contributed by atoms with E-state index in [9.17, 15) is 34.2 Å². The van der Waals surface area contributed by atoms with Crippen molar-refractivity contribution in [2.45, 2.75) is 43.8 Å². The summed E-state index contributed by atoms with van der Waals surface area (Å²) in [6, 6.07) is 9.56. The number of nitrogens with one attached hydrogen (secondary N) is 4. The number of aromatic nitrogens is 1. The van der Waals surface area contributed by atoms with Gasteiger partial charge in [0.1, 0.15) is 17.8 Å². The van der Waals surface area contributed by atoms with Crippen molar-refractivity contribution >= 4 is 40.6 Å². The molecule has 0 fully saturated rings.